The molecular formula is C28H24N2O6S. The first-order valence-electron chi connectivity index (χ1n) is 11.4. The van der Waals surface area contributed by atoms with Crippen molar-refractivity contribution in [1.29, 1.82) is 0 Å². The van der Waals surface area contributed by atoms with E-state index in [0.29, 0.717) is 39.6 Å². The van der Waals surface area contributed by atoms with Crippen molar-refractivity contribution >= 4 is 28.3 Å². The van der Waals surface area contributed by atoms with E-state index in [1.165, 1.54) is 18.4 Å². The standard InChI is InChI=1S/C28H24N2O6S/c1-15-12-16(10-11-20(15)33-2)25-23(17-13-21(34-3)24(36-5)22(14-17)35-4)29-28(37-25)30-26(31)18-8-6-7-9-19(18)27(30)32/h6-14H,1-5H3. The van der Waals surface area contributed by atoms with Gasteiger partial charge in [-0.25, -0.2) is 9.88 Å². The van der Waals surface area contributed by atoms with Crippen LogP contribution < -0.4 is 23.8 Å². The van der Waals surface area contributed by atoms with Crippen LogP contribution >= 0.6 is 11.3 Å². The van der Waals surface area contributed by atoms with Crippen LogP contribution in [0.1, 0.15) is 26.3 Å². The van der Waals surface area contributed by atoms with E-state index in [4.69, 9.17) is 23.9 Å². The lowest BCUT2D eigenvalue weighted by atomic mass is 10.0. The molecule has 1 aliphatic heterocycles. The van der Waals surface area contributed by atoms with Gasteiger partial charge >= 0.3 is 0 Å². The third-order valence-corrected chi connectivity index (χ3v) is 7.29. The van der Waals surface area contributed by atoms with Gasteiger partial charge in [0.2, 0.25) is 10.9 Å². The Balaban J connectivity index is 1.72. The Bertz CT molecular complexity index is 1480. The average Bonchev–Trinajstić information content (AvgIpc) is 3.46. The van der Waals surface area contributed by atoms with Crippen molar-refractivity contribution in [2.24, 2.45) is 0 Å². The Kier molecular flexibility index (Phi) is 6.31. The second kappa shape index (κ2) is 9.59. The van der Waals surface area contributed by atoms with E-state index >= 15 is 0 Å². The molecule has 5 rings (SSSR count). The first kappa shape index (κ1) is 24.3. The summed E-state index contributed by atoms with van der Waals surface area (Å²) in [7, 11) is 6.24. The van der Waals surface area contributed by atoms with Gasteiger partial charge < -0.3 is 18.9 Å². The monoisotopic (exact) mass is 516 g/mol. The number of anilines is 1. The van der Waals surface area contributed by atoms with Crippen LogP contribution in [0, 0.1) is 6.92 Å². The van der Waals surface area contributed by atoms with Crippen LogP contribution in [0.15, 0.2) is 54.6 Å². The average molecular weight is 517 g/mol. The van der Waals surface area contributed by atoms with Gasteiger partial charge in [0.1, 0.15) is 5.75 Å². The highest BCUT2D eigenvalue weighted by Gasteiger charge is 2.39. The van der Waals surface area contributed by atoms with Gasteiger partial charge in [0, 0.05) is 5.56 Å². The van der Waals surface area contributed by atoms with Gasteiger partial charge in [0.25, 0.3) is 11.8 Å². The fraction of sp³-hybridized carbons (Fsp3) is 0.179. The predicted octanol–water partition coefficient (Wildman–Crippen LogP) is 5.62. The Morgan fingerprint density at radius 2 is 1.32 bits per heavy atom. The normalized spacial score (nSPS) is 12.5. The molecule has 37 heavy (non-hydrogen) atoms. The minimum absolute atomic E-state index is 0.276. The molecule has 9 heteroatoms. The number of hydrogen-bond acceptors (Lipinski definition) is 8. The number of ether oxygens (including phenoxy) is 4. The number of methoxy groups -OCH3 is 4. The maximum Gasteiger partial charge on any atom is 0.268 e. The van der Waals surface area contributed by atoms with Gasteiger partial charge in [0.15, 0.2) is 11.5 Å². The first-order chi connectivity index (χ1) is 17.9. The number of amides is 2. The van der Waals surface area contributed by atoms with Crippen LogP contribution in [-0.4, -0.2) is 45.2 Å². The van der Waals surface area contributed by atoms with Gasteiger partial charge in [-0.2, -0.15) is 0 Å². The van der Waals surface area contributed by atoms with Crippen molar-refractivity contribution in [1.82, 2.24) is 4.98 Å². The highest BCUT2D eigenvalue weighted by atomic mass is 32.1. The van der Waals surface area contributed by atoms with E-state index in [-0.39, 0.29) is 5.13 Å². The number of rotatable bonds is 7. The molecule has 0 atom stereocenters. The zero-order chi connectivity index (χ0) is 26.3. The largest absolute Gasteiger partial charge is 0.496 e. The Labute approximate surface area is 218 Å². The van der Waals surface area contributed by atoms with E-state index in [1.54, 1.807) is 57.7 Å². The summed E-state index contributed by atoms with van der Waals surface area (Å²) in [4.78, 5) is 33.2. The molecule has 0 spiro atoms. The van der Waals surface area contributed by atoms with E-state index in [1.807, 2.05) is 25.1 Å². The lowest BCUT2D eigenvalue weighted by Crippen LogP contribution is -2.29. The minimum atomic E-state index is -0.400. The molecule has 1 aliphatic rings. The summed E-state index contributed by atoms with van der Waals surface area (Å²) in [6, 6.07) is 16.2. The maximum absolute atomic E-state index is 13.2. The van der Waals surface area contributed by atoms with E-state index in [9.17, 15) is 9.59 Å². The molecule has 0 bridgehead atoms. The highest BCUT2D eigenvalue weighted by Crippen LogP contribution is 2.47. The predicted molar refractivity (Wildman–Crippen MR) is 142 cm³/mol. The van der Waals surface area contributed by atoms with Crippen LogP contribution in [0.3, 0.4) is 0 Å². The number of carbonyl (C=O) groups is 2. The zero-order valence-electron chi connectivity index (χ0n) is 20.9. The Morgan fingerprint density at radius 3 is 1.84 bits per heavy atom. The molecule has 1 aromatic heterocycles. The summed E-state index contributed by atoms with van der Waals surface area (Å²) < 4.78 is 22.0. The molecule has 0 N–H and O–H groups in total. The van der Waals surface area contributed by atoms with E-state index in [0.717, 1.165) is 26.7 Å². The van der Waals surface area contributed by atoms with Crippen molar-refractivity contribution in [3.63, 3.8) is 0 Å². The van der Waals surface area contributed by atoms with Crippen LogP contribution in [0.5, 0.6) is 23.0 Å². The third kappa shape index (κ3) is 3.97. The summed E-state index contributed by atoms with van der Waals surface area (Å²) in [6.45, 7) is 1.95. The Morgan fingerprint density at radius 1 is 0.730 bits per heavy atom. The lowest BCUT2D eigenvalue weighted by molar-refractivity contribution is 0.0926. The van der Waals surface area contributed by atoms with Crippen molar-refractivity contribution < 1.29 is 28.5 Å². The van der Waals surface area contributed by atoms with E-state index in [2.05, 4.69) is 0 Å². The van der Waals surface area contributed by atoms with E-state index < -0.39 is 11.8 Å². The maximum atomic E-state index is 13.2. The molecule has 0 radical (unpaired) electrons. The fourth-order valence-corrected chi connectivity index (χ4v) is 5.48. The van der Waals surface area contributed by atoms with Gasteiger partial charge in [-0.15, -0.1) is 0 Å². The number of hydrogen-bond donors (Lipinski definition) is 0. The number of aromatic nitrogens is 1. The summed E-state index contributed by atoms with van der Waals surface area (Å²) >= 11 is 1.26. The Hall–Kier alpha value is -4.37. The van der Waals surface area contributed by atoms with Gasteiger partial charge in [-0.3, -0.25) is 9.59 Å². The highest BCUT2D eigenvalue weighted by molar-refractivity contribution is 7.20. The van der Waals surface area contributed by atoms with Crippen LogP contribution in [0.4, 0.5) is 5.13 Å². The number of nitrogens with zero attached hydrogens (tertiary/aromatic N) is 2. The molecule has 0 fully saturated rings. The molecular weight excluding hydrogens is 492 g/mol. The molecule has 0 unspecified atom stereocenters. The van der Waals surface area contributed by atoms with Crippen molar-refractivity contribution in [3.05, 3.63) is 71.3 Å². The van der Waals surface area contributed by atoms with Crippen molar-refractivity contribution in [2.75, 3.05) is 33.3 Å². The van der Waals surface area contributed by atoms with Gasteiger partial charge in [-0.1, -0.05) is 23.5 Å². The zero-order valence-corrected chi connectivity index (χ0v) is 21.8. The molecule has 0 saturated carbocycles. The number of imide groups is 1. The summed E-state index contributed by atoms with van der Waals surface area (Å²) in [6.07, 6.45) is 0. The minimum Gasteiger partial charge on any atom is -0.496 e. The van der Waals surface area contributed by atoms with Crippen molar-refractivity contribution in [3.8, 4) is 44.7 Å². The molecule has 3 aromatic carbocycles. The lowest BCUT2D eigenvalue weighted by Gasteiger charge is -2.14. The molecule has 2 heterocycles. The molecule has 0 aliphatic carbocycles. The first-order valence-corrected chi connectivity index (χ1v) is 12.2. The summed E-state index contributed by atoms with van der Waals surface area (Å²) in [5, 5.41) is 0.276. The number of carbonyl (C=O) groups excluding carboxylic acids is 2. The van der Waals surface area contributed by atoms with Gasteiger partial charge in [0.05, 0.1) is 50.1 Å². The van der Waals surface area contributed by atoms with Crippen LogP contribution in [0.2, 0.25) is 0 Å². The second-order valence-corrected chi connectivity index (χ2v) is 9.24. The molecule has 8 nitrogen and oxygen atoms in total. The summed E-state index contributed by atoms with van der Waals surface area (Å²) in [5.41, 5.74) is 3.77. The molecule has 0 saturated heterocycles. The molecule has 4 aromatic rings. The topological polar surface area (TPSA) is 87.2 Å². The number of aryl methyl sites for hydroxylation is 1. The number of thiazole rings is 1. The smallest absolute Gasteiger partial charge is 0.268 e. The van der Waals surface area contributed by atoms with Gasteiger partial charge in [-0.05, 0) is 60.5 Å². The quantitative estimate of drug-likeness (QED) is 0.295. The SMILES string of the molecule is COc1ccc(-c2sc(N3C(=O)c4ccccc4C3=O)nc2-c2cc(OC)c(OC)c(OC)c2)cc1C. The number of benzene rings is 3. The molecule has 188 valence electrons. The third-order valence-electron chi connectivity index (χ3n) is 6.20. The van der Waals surface area contributed by atoms with Crippen molar-refractivity contribution in [2.45, 2.75) is 6.92 Å². The fourth-order valence-electron chi connectivity index (χ4n) is 4.40. The van der Waals surface area contributed by atoms with Crippen LogP contribution in [-0.2, 0) is 0 Å². The van der Waals surface area contributed by atoms with Crippen LogP contribution in [0.25, 0.3) is 21.7 Å². The molecule has 2 amide bonds. The second-order valence-electron chi connectivity index (χ2n) is 8.26. The summed E-state index contributed by atoms with van der Waals surface area (Å²) in [5.74, 6) is 1.33. The number of fused-ring (bicyclic) bond motifs is 1.